The van der Waals surface area contributed by atoms with E-state index in [1.807, 2.05) is 22.9 Å². The van der Waals surface area contributed by atoms with Crippen molar-refractivity contribution >= 4 is 44.8 Å². The zero-order chi connectivity index (χ0) is 18.5. The van der Waals surface area contributed by atoms with Gasteiger partial charge in [-0.25, -0.2) is 4.98 Å². The van der Waals surface area contributed by atoms with Crippen LogP contribution in [-0.2, 0) is 20.9 Å². The van der Waals surface area contributed by atoms with Crippen LogP contribution in [0.5, 0.6) is 0 Å². The minimum Gasteiger partial charge on any atom is -0.454 e. The second kappa shape index (κ2) is 8.07. The zero-order valence-corrected chi connectivity index (χ0v) is 15.3. The molecule has 0 bridgehead atoms. The molecular formula is C17H15N3O4S2. The van der Waals surface area contributed by atoms with E-state index in [4.69, 9.17) is 4.74 Å². The van der Waals surface area contributed by atoms with Gasteiger partial charge < -0.3 is 10.1 Å². The first kappa shape index (κ1) is 18.0. The van der Waals surface area contributed by atoms with E-state index in [9.17, 15) is 14.4 Å². The van der Waals surface area contributed by atoms with E-state index >= 15 is 0 Å². The number of carbonyl (C=O) groups is 2. The van der Waals surface area contributed by atoms with Crippen molar-refractivity contribution in [1.29, 1.82) is 0 Å². The van der Waals surface area contributed by atoms with E-state index in [2.05, 4.69) is 16.9 Å². The maximum atomic E-state index is 12.8. The number of aromatic nitrogens is 2. The summed E-state index contributed by atoms with van der Waals surface area (Å²) in [5.74, 6) is -1.12. The van der Waals surface area contributed by atoms with Crippen molar-refractivity contribution in [2.45, 2.75) is 6.54 Å². The highest BCUT2D eigenvalue weighted by Crippen LogP contribution is 2.33. The molecule has 0 aliphatic rings. The number of thiophene rings is 2. The molecule has 7 nitrogen and oxygen atoms in total. The van der Waals surface area contributed by atoms with Crippen LogP contribution in [0.4, 0.5) is 0 Å². The lowest BCUT2D eigenvalue weighted by molar-refractivity contribution is -0.149. The first-order valence-electron chi connectivity index (χ1n) is 7.64. The summed E-state index contributed by atoms with van der Waals surface area (Å²) < 4.78 is 6.08. The summed E-state index contributed by atoms with van der Waals surface area (Å²) in [5.41, 5.74) is 0.497. The van der Waals surface area contributed by atoms with E-state index in [0.717, 1.165) is 10.4 Å². The topological polar surface area (TPSA) is 90.3 Å². The molecule has 0 aliphatic heterocycles. The summed E-state index contributed by atoms with van der Waals surface area (Å²) in [7, 11) is 0. The predicted octanol–water partition coefficient (Wildman–Crippen LogP) is 2.03. The average molecular weight is 389 g/mol. The summed E-state index contributed by atoms with van der Waals surface area (Å²) in [6, 6.07) is 3.84. The van der Waals surface area contributed by atoms with Gasteiger partial charge in [0.05, 0.1) is 11.7 Å². The molecule has 0 spiro atoms. The SMILES string of the molecule is C=CCNC(=O)COC(=O)Cn1cnc2scc(-c3cccs3)c2c1=O. The fourth-order valence-electron chi connectivity index (χ4n) is 2.26. The number of amides is 1. The summed E-state index contributed by atoms with van der Waals surface area (Å²) in [6.07, 6.45) is 2.84. The fourth-order valence-corrected chi connectivity index (χ4v) is 3.98. The molecule has 0 aromatic carbocycles. The Balaban J connectivity index is 1.76. The van der Waals surface area contributed by atoms with E-state index in [-0.39, 0.29) is 12.1 Å². The minimum atomic E-state index is -0.685. The largest absolute Gasteiger partial charge is 0.454 e. The normalized spacial score (nSPS) is 10.6. The van der Waals surface area contributed by atoms with Crippen LogP contribution in [0.25, 0.3) is 20.7 Å². The Morgan fingerprint density at radius 3 is 2.96 bits per heavy atom. The Morgan fingerprint density at radius 1 is 1.38 bits per heavy atom. The van der Waals surface area contributed by atoms with Crippen LogP contribution in [0, 0.1) is 0 Å². The van der Waals surface area contributed by atoms with Crippen molar-refractivity contribution in [3.05, 3.63) is 52.2 Å². The third kappa shape index (κ3) is 3.89. The van der Waals surface area contributed by atoms with Gasteiger partial charge in [0.15, 0.2) is 6.61 Å². The molecule has 0 saturated carbocycles. The summed E-state index contributed by atoms with van der Waals surface area (Å²) >= 11 is 2.91. The molecule has 0 radical (unpaired) electrons. The summed E-state index contributed by atoms with van der Waals surface area (Å²) in [4.78, 5) is 41.9. The zero-order valence-electron chi connectivity index (χ0n) is 13.6. The van der Waals surface area contributed by atoms with E-state index in [0.29, 0.717) is 16.8 Å². The standard InChI is InChI=1S/C17H15N3O4S2/c1-2-5-18-13(21)8-24-14(22)7-20-10-19-16-15(17(20)23)11(9-26-16)12-4-3-6-25-12/h2-4,6,9-10H,1,5,7-8H2,(H,18,21). The number of hydrogen-bond donors (Lipinski definition) is 1. The van der Waals surface area contributed by atoms with Gasteiger partial charge in [0.2, 0.25) is 0 Å². The average Bonchev–Trinajstić information content (AvgIpc) is 3.29. The van der Waals surface area contributed by atoms with Crippen molar-refractivity contribution in [3.63, 3.8) is 0 Å². The van der Waals surface area contributed by atoms with Gasteiger partial charge in [-0.1, -0.05) is 12.1 Å². The van der Waals surface area contributed by atoms with E-state index < -0.39 is 18.5 Å². The molecule has 0 fully saturated rings. The quantitative estimate of drug-likeness (QED) is 0.493. The van der Waals surface area contributed by atoms with Crippen LogP contribution in [0.3, 0.4) is 0 Å². The van der Waals surface area contributed by atoms with Gasteiger partial charge >= 0.3 is 5.97 Å². The monoisotopic (exact) mass is 389 g/mol. The lowest BCUT2D eigenvalue weighted by Gasteiger charge is -2.07. The highest BCUT2D eigenvalue weighted by atomic mass is 32.1. The molecule has 0 saturated heterocycles. The number of carbonyl (C=O) groups excluding carboxylic acids is 2. The number of rotatable bonds is 7. The predicted molar refractivity (Wildman–Crippen MR) is 101 cm³/mol. The molecule has 3 heterocycles. The third-order valence-corrected chi connectivity index (χ3v) is 5.24. The highest BCUT2D eigenvalue weighted by Gasteiger charge is 2.16. The van der Waals surface area contributed by atoms with Crippen molar-refractivity contribution in [1.82, 2.24) is 14.9 Å². The Labute approximate surface area is 156 Å². The molecular weight excluding hydrogens is 374 g/mol. The van der Waals surface area contributed by atoms with Crippen molar-refractivity contribution in [2.24, 2.45) is 0 Å². The maximum absolute atomic E-state index is 12.8. The highest BCUT2D eigenvalue weighted by molar-refractivity contribution is 7.18. The second-order valence-electron chi connectivity index (χ2n) is 5.24. The molecule has 0 atom stereocenters. The number of ether oxygens (including phenoxy) is 1. The molecule has 3 aromatic rings. The molecule has 26 heavy (non-hydrogen) atoms. The maximum Gasteiger partial charge on any atom is 0.326 e. The first-order valence-corrected chi connectivity index (χ1v) is 9.40. The molecule has 134 valence electrons. The van der Waals surface area contributed by atoms with Gasteiger partial charge in [-0.3, -0.25) is 19.0 Å². The third-order valence-electron chi connectivity index (χ3n) is 3.45. The van der Waals surface area contributed by atoms with E-state index in [1.54, 1.807) is 0 Å². The molecule has 0 aliphatic carbocycles. The van der Waals surface area contributed by atoms with E-state index in [1.165, 1.54) is 39.6 Å². The van der Waals surface area contributed by atoms with Gasteiger partial charge in [-0.15, -0.1) is 29.3 Å². The minimum absolute atomic E-state index is 0.292. The van der Waals surface area contributed by atoms with Crippen molar-refractivity contribution < 1.29 is 14.3 Å². The fraction of sp³-hybridized carbons (Fsp3) is 0.176. The van der Waals surface area contributed by atoms with Gasteiger partial charge in [-0.05, 0) is 11.4 Å². The van der Waals surface area contributed by atoms with Crippen LogP contribution >= 0.6 is 22.7 Å². The van der Waals surface area contributed by atoms with Crippen molar-refractivity contribution in [2.75, 3.05) is 13.2 Å². The van der Waals surface area contributed by atoms with Gasteiger partial charge in [0, 0.05) is 22.4 Å². The molecule has 1 amide bonds. The molecule has 3 aromatic heterocycles. The Hall–Kier alpha value is -2.78. The van der Waals surface area contributed by atoms with Gasteiger partial charge in [0.1, 0.15) is 11.4 Å². The number of fused-ring (bicyclic) bond motifs is 1. The smallest absolute Gasteiger partial charge is 0.326 e. The first-order chi connectivity index (χ1) is 12.6. The van der Waals surface area contributed by atoms with Crippen LogP contribution in [-0.4, -0.2) is 34.6 Å². The van der Waals surface area contributed by atoms with Crippen LogP contribution in [0.15, 0.2) is 46.7 Å². The molecule has 9 heteroatoms. The second-order valence-corrected chi connectivity index (χ2v) is 7.04. The Bertz CT molecular complexity index is 1000. The lowest BCUT2D eigenvalue weighted by atomic mass is 10.2. The van der Waals surface area contributed by atoms with Gasteiger partial charge in [0.25, 0.3) is 11.5 Å². The molecule has 3 rings (SSSR count). The van der Waals surface area contributed by atoms with Crippen LogP contribution in [0.1, 0.15) is 0 Å². The van der Waals surface area contributed by atoms with Gasteiger partial charge in [-0.2, -0.15) is 0 Å². The summed E-state index contributed by atoms with van der Waals surface area (Å²) in [6.45, 7) is 3.05. The summed E-state index contributed by atoms with van der Waals surface area (Å²) in [5, 5.41) is 6.80. The van der Waals surface area contributed by atoms with Crippen LogP contribution in [0.2, 0.25) is 0 Å². The van der Waals surface area contributed by atoms with Crippen molar-refractivity contribution in [3.8, 4) is 10.4 Å². The van der Waals surface area contributed by atoms with Crippen LogP contribution < -0.4 is 10.9 Å². The Morgan fingerprint density at radius 2 is 2.23 bits per heavy atom. The number of nitrogens with one attached hydrogen (secondary N) is 1. The molecule has 0 unspecified atom stereocenters. The number of nitrogens with zero attached hydrogens (tertiary/aromatic N) is 2. The number of hydrogen-bond acceptors (Lipinski definition) is 7. The lowest BCUT2D eigenvalue weighted by Crippen LogP contribution is -2.31. The molecule has 1 N–H and O–H groups in total. The number of esters is 1. The Kier molecular flexibility index (Phi) is 5.59.